The molecule has 1 aromatic rings. The van der Waals surface area contributed by atoms with Gasteiger partial charge < -0.3 is 29.3 Å². The number of phenolic OH excluding ortho intramolecular Hbond substituents is 1. The zero-order valence-corrected chi connectivity index (χ0v) is 18.7. The molecule has 4 aliphatic heterocycles. The number of rotatable bonds is 1. The summed E-state index contributed by atoms with van der Waals surface area (Å²) in [5.74, 6) is -1.79. The van der Waals surface area contributed by atoms with Crippen LogP contribution in [0.4, 0.5) is 0 Å². The molecule has 2 bridgehead atoms. The van der Waals surface area contributed by atoms with Crippen molar-refractivity contribution in [2.24, 2.45) is 0 Å². The van der Waals surface area contributed by atoms with Crippen LogP contribution >= 0.6 is 0 Å². The van der Waals surface area contributed by atoms with Crippen LogP contribution in [0.5, 0.6) is 5.75 Å². The van der Waals surface area contributed by atoms with Gasteiger partial charge in [-0.15, -0.1) is 0 Å². The molecule has 6 rings (SSSR count). The van der Waals surface area contributed by atoms with Crippen molar-refractivity contribution < 1.29 is 38.8 Å². The lowest BCUT2D eigenvalue weighted by Gasteiger charge is -2.43. The number of aliphatic hydroxyl groups is 1. The summed E-state index contributed by atoms with van der Waals surface area (Å²) in [6.45, 7) is 3.40. The van der Waals surface area contributed by atoms with Crippen molar-refractivity contribution in [3.63, 3.8) is 0 Å². The highest BCUT2D eigenvalue weighted by molar-refractivity contribution is 6.29. The van der Waals surface area contributed by atoms with Gasteiger partial charge in [0, 0.05) is 17.2 Å². The van der Waals surface area contributed by atoms with Crippen molar-refractivity contribution in [1.82, 2.24) is 4.90 Å². The molecule has 9 heteroatoms. The van der Waals surface area contributed by atoms with Crippen LogP contribution in [-0.2, 0) is 24.6 Å². The second-order valence-corrected chi connectivity index (χ2v) is 9.95. The average Bonchev–Trinajstić information content (AvgIpc) is 3.22. The van der Waals surface area contributed by atoms with Gasteiger partial charge >= 0.3 is 5.97 Å². The van der Waals surface area contributed by atoms with Gasteiger partial charge in [-0.2, -0.15) is 0 Å². The number of benzene rings is 1. The van der Waals surface area contributed by atoms with E-state index in [0.29, 0.717) is 17.5 Å². The second kappa shape index (κ2) is 6.50. The molecule has 1 aliphatic carbocycles. The van der Waals surface area contributed by atoms with Crippen LogP contribution < -0.4 is 0 Å². The van der Waals surface area contributed by atoms with Crippen LogP contribution in [0.25, 0.3) is 0 Å². The van der Waals surface area contributed by atoms with E-state index in [9.17, 15) is 24.6 Å². The molecule has 0 amide bonds. The number of likely N-dealkylation sites (N-methyl/N-ethyl adjacent to an activating group) is 1. The Morgan fingerprint density at radius 2 is 1.82 bits per heavy atom. The minimum Gasteiger partial charge on any atom is -0.507 e. The summed E-state index contributed by atoms with van der Waals surface area (Å²) >= 11 is 0. The van der Waals surface area contributed by atoms with E-state index >= 15 is 0 Å². The van der Waals surface area contributed by atoms with E-state index < -0.39 is 53.7 Å². The standard InChI is InChI=1S/C24H25NO8/c1-8-15-19(22-13(31-8)7-14(27)32-22)21(29)18-16-9(5-11(26)17(18)20(15)28)24(2)23(30)10(25(3)4)6-12(16)33-24/h5,8,10,12-13,22-23,26,30H,6-7H2,1-4H3/t8-,10-,12-,13-,22+,23+,24-/m0/s1. The summed E-state index contributed by atoms with van der Waals surface area (Å²) in [5, 5.41) is 22.1. The summed E-state index contributed by atoms with van der Waals surface area (Å²) in [5.41, 5.74) is 0.146. The maximum Gasteiger partial charge on any atom is 0.309 e. The molecule has 0 unspecified atom stereocenters. The first kappa shape index (κ1) is 21.0. The average molecular weight is 455 g/mol. The Hall–Kier alpha value is -2.59. The second-order valence-electron chi connectivity index (χ2n) is 9.95. The Labute approximate surface area is 189 Å². The topological polar surface area (TPSA) is 123 Å². The van der Waals surface area contributed by atoms with Gasteiger partial charge in [0.05, 0.1) is 29.8 Å². The number of aromatic hydroxyl groups is 1. The summed E-state index contributed by atoms with van der Waals surface area (Å²) in [4.78, 5) is 41.5. The maximum absolute atomic E-state index is 14.0. The number of carbonyl (C=O) groups excluding carboxylic acids is 3. The van der Waals surface area contributed by atoms with Crippen LogP contribution in [0, 0.1) is 0 Å². The van der Waals surface area contributed by atoms with Gasteiger partial charge in [0.2, 0.25) is 0 Å². The number of esters is 1. The number of ketones is 2. The van der Waals surface area contributed by atoms with Crippen molar-refractivity contribution in [1.29, 1.82) is 0 Å². The normalized spacial score (nSPS) is 38.8. The number of carbonyl (C=O) groups is 3. The van der Waals surface area contributed by atoms with Crippen LogP contribution in [0.15, 0.2) is 17.2 Å². The first-order valence-electron chi connectivity index (χ1n) is 11.2. The zero-order valence-electron chi connectivity index (χ0n) is 18.7. The number of Topliss-reactive ketones (excluding diaryl/α,β-unsaturated/α-hetero) is 2. The molecule has 7 atom stereocenters. The van der Waals surface area contributed by atoms with E-state index in [1.165, 1.54) is 6.07 Å². The fraction of sp³-hybridized carbons (Fsp3) is 0.542. The smallest absolute Gasteiger partial charge is 0.309 e. The van der Waals surface area contributed by atoms with E-state index in [1.807, 2.05) is 19.0 Å². The molecule has 2 saturated heterocycles. The number of aliphatic hydroxyl groups excluding tert-OH is 1. The number of hydrogen-bond acceptors (Lipinski definition) is 9. The monoisotopic (exact) mass is 455 g/mol. The molecule has 2 N–H and O–H groups in total. The van der Waals surface area contributed by atoms with Gasteiger partial charge in [-0.1, -0.05) is 0 Å². The molecule has 0 spiro atoms. The van der Waals surface area contributed by atoms with Crippen molar-refractivity contribution in [2.45, 2.75) is 68.9 Å². The molecule has 2 fully saturated rings. The molecule has 9 nitrogen and oxygen atoms in total. The molecule has 1 aromatic carbocycles. The fourth-order valence-electron chi connectivity index (χ4n) is 6.35. The molecule has 33 heavy (non-hydrogen) atoms. The first-order valence-corrected chi connectivity index (χ1v) is 11.2. The maximum atomic E-state index is 14.0. The third-order valence-electron chi connectivity index (χ3n) is 7.91. The van der Waals surface area contributed by atoms with Gasteiger partial charge in [-0.25, -0.2) is 0 Å². The molecule has 5 aliphatic rings. The molecular weight excluding hydrogens is 430 g/mol. The molecule has 174 valence electrons. The van der Waals surface area contributed by atoms with Gasteiger partial charge in [-0.05, 0) is 51.6 Å². The van der Waals surface area contributed by atoms with Crippen molar-refractivity contribution in [3.05, 3.63) is 39.5 Å². The van der Waals surface area contributed by atoms with E-state index in [0.717, 1.165) is 0 Å². The lowest BCUT2D eigenvalue weighted by Crippen LogP contribution is -2.53. The molecule has 0 aromatic heterocycles. The zero-order chi connectivity index (χ0) is 23.6. The predicted octanol–water partition coefficient (Wildman–Crippen LogP) is 1.15. The minimum atomic E-state index is -1.15. The number of phenols is 1. The Morgan fingerprint density at radius 1 is 1.12 bits per heavy atom. The highest BCUT2D eigenvalue weighted by Gasteiger charge is 2.59. The van der Waals surface area contributed by atoms with Crippen LogP contribution in [-0.4, -0.2) is 77.2 Å². The molecule has 0 radical (unpaired) electrons. The number of hydrogen-bond donors (Lipinski definition) is 2. The van der Waals surface area contributed by atoms with Crippen molar-refractivity contribution >= 4 is 17.5 Å². The lowest BCUT2D eigenvalue weighted by atomic mass is 9.73. The quantitative estimate of drug-likeness (QED) is 0.601. The molecular formula is C24H25NO8. The third kappa shape index (κ3) is 2.48. The Balaban J connectivity index is 1.58. The number of ether oxygens (including phenoxy) is 3. The largest absolute Gasteiger partial charge is 0.507 e. The Bertz CT molecular complexity index is 1190. The third-order valence-corrected chi connectivity index (χ3v) is 7.91. The Kier molecular flexibility index (Phi) is 4.13. The SMILES string of the molecule is C[C@@H]1O[C@H]2CC(=O)O[C@H]2C2=C1C(=O)c1c(O)cc3c(c1C2=O)[C@@H]1C[C@H](N(C)C)[C@@H](O)[C@@]3(C)O1. The Morgan fingerprint density at radius 3 is 2.52 bits per heavy atom. The number of nitrogens with zero attached hydrogens (tertiary/aromatic N) is 1. The highest BCUT2D eigenvalue weighted by atomic mass is 16.6. The van der Waals surface area contributed by atoms with E-state index in [1.54, 1.807) is 13.8 Å². The van der Waals surface area contributed by atoms with Crippen LogP contribution in [0.1, 0.15) is 64.6 Å². The summed E-state index contributed by atoms with van der Waals surface area (Å²) in [7, 11) is 3.73. The molecule has 0 saturated carbocycles. The molecule has 4 heterocycles. The summed E-state index contributed by atoms with van der Waals surface area (Å²) in [6, 6.07) is 1.20. The van der Waals surface area contributed by atoms with Gasteiger partial charge in [0.25, 0.3) is 0 Å². The van der Waals surface area contributed by atoms with Gasteiger partial charge in [0.15, 0.2) is 17.7 Å². The van der Waals surface area contributed by atoms with Crippen LogP contribution in [0.3, 0.4) is 0 Å². The highest BCUT2D eigenvalue weighted by Crippen LogP contribution is 2.57. The van der Waals surface area contributed by atoms with E-state index in [-0.39, 0.29) is 40.5 Å². The van der Waals surface area contributed by atoms with E-state index in [4.69, 9.17) is 14.2 Å². The first-order chi connectivity index (χ1) is 15.5. The van der Waals surface area contributed by atoms with Crippen molar-refractivity contribution in [2.75, 3.05) is 14.1 Å². The van der Waals surface area contributed by atoms with Gasteiger partial charge in [-0.3, -0.25) is 14.4 Å². The lowest BCUT2D eigenvalue weighted by molar-refractivity contribution is -0.194. The summed E-state index contributed by atoms with van der Waals surface area (Å²) < 4.78 is 17.5. The predicted molar refractivity (Wildman–Crippen MR) is 112 cm³/mol. The summed E-state index contributed by atoms with van der Waals surface area (Å²) in [6.07, 6.45) is -3.32. The van der Waals surface area contributed by atoms with Gasteiger partial charge in [0.1, 0.15) is 23.6 Å². The minimum absolute atomic E-state index is 0.0127. The van der Waals surface area contributed by atoms with Crippen LogP contribution in [0.2, 0.25) is 0 Å². The van der Waals surface area contributed by atoms with Crippen molar-refractivity contribution in [3.8, 4) is 5.75 Å². The fourth-order valence-corrected chi connectivity index (χ4v) is 6.35. The number of fused-ring (bicyclic) bond motifs is 9. The van der Waals surface area contributed by atoms with E-state index in [2.05, 4.69) is 0 Å².